The Labute approximate surface area is 172 Å². The number of nitrogens with one attached hydrogen (secondary N) is 1. The molecule has 0 spiro atoms. The number of esters is 1. The largest absolute Gasteiger partial charge is 0.489 e. The third-order valence-electron chi connectivity index (χ3n) is 4.36. The molecule has 0 aromatic heterocycles. The van der Waals surface area contributed by atoms with Gasteiger partial charge in [-0.15, -0.1) is 0 Å². The Balaban J connectivity index is 1.87. The predicted molar refractivity (Wildman–Crippen MR) is 112 cm³/mol. The third-order valence-corrected chi connectivity index (χ3v) is 5.99. The Morgan fingerprint density at radius 3 is 2.45 bits per heavy atom. The fourth-order valence-electron chi connectivity index (χ4n) is 2.70. The van der Waals surface area contributed by atoms with Crippen molar-refractivity contribution in [1.82, 2.24) is 9.03 Å². The molecule has 2 aromatic carbocycles. The van der Waals surface area contributed by atoms with E-state index in [1.165, 1.54) is 17.0 Å². The van der Waals surface area contributed by atoms with Crippen molar-refractivity contribution in [2.75, 3.05) is 20.2 Å². The number of rotatable bonds is 11. The highest BCUT2D eigenvalue weighted by Crippen LogP contribution is 2.15. The van der Waals surface area contributed by atoms with Crippen LogP contribution in [0.3, 0.4) is 0 Å². The van der Waals surface area contributed by atoms with Crippen LogP contribution in [0.4, 0.5) is 0 Å². The number of nitrogens with zero attached hydrogens (tertiary/aromatic N) is 1. The van der Waals surface area contributed by atoms with Gasteiger partial charge < -0.3 is 9.47 Å². The van der Waals surface area contributed by atoms with Crippen LogP contribution in [0, 0.1) is 6.92 Å². The van der Waals surface area contributed by atoms with Crippen molar-refractivity contribution in [3.05, 3.63) is 65.2 Å². The smallest absolute Gasteiger partial charge is 0.306 e. The quantitative estimate of drug-likeness (QED) is 0.565. The molecule has 0 amide bonds. The van der Waals surface area contributed by atoms with Crippen LogP contribution in [0.2, 0.25) is 0 Å². The highest BCUT2D eigenvalue weighted by molar-refractivity contribution is 7.87. The van der Waals surface area contributed by atoms with Crippen molar-refractivity contribution in [2.24, 2.45) is 0 Å². The number of hydrogen-bond donors (Lipinski definition) is 1. The monoisotopic (exact) mass is 420 g/mol. The normalized spacial score (nSPS) is 11.4. The highest BCUT2D eigenvalue weighted by atomic mass is 32.2. The molecule has 1 N–H and O–H groups in total. The molecule has 0 bridgehead atoms. The number of hydrogen-bond acceptors (Lipinski definition) is 5. The van der Waals surface area contributed by atoms with Gasteiger partial charge >= 0.3 is 5.97 Å². The predicted octanol–water partition coefficient (Wildman–Crippen LogP) is 2.79. The molecule has 7 nitrogen and oxygen atoms in total. The van der Waals surface area contributed by atoms with Crippen molar-refractivity contribution in [3.8, 4) is 5.75 Å². The van der Waals surface area contributed by atoms with E-state index in [4.69, 9.17) is 4.74 Å². The molecule has 0 saturated carbocycles. The SMILES string of the molecule is CCN(CCC(=O)OC)S(=O)(=O)NCc1ccc(OCc2cccc(C)c2)cc1. The highest BCUT2D eigenvalue weighted by Gasteiger charge is 2.20. The Morgan fingerprint density at radius 1 is 1.10 bits per heavy atom. The topological polar surface area (TPSA) is 84.9 Å². The lowest BCUT2D eigenvalue weighted by Gasteiger charge is -2.20. The maximum atomic E-state index is 12.4. The molecule has 0 aliphatic rings. The van der Waals surface area contributed by atoms with Gasteiger partial charge in [-0.05, 0) is 30.2 Å². The van der Waals surface area contributed by atoms with E-state index in [0.717, 1.165) is 11.1 Å². The molecule has 0 saturated heterocycles. The van der Waals surface area contributed by atoms with Gasteiger partial charge in [-0.2, -0.15) is 17.4 Å². The summed E-state index contributed by atoms with van der Waals surface area (Å²) in [5.41, 5.74) is 3.08. The summed E-state index contributed by atoms with van der Waals surface area (Å²) in [7, 11) is -2.41. The summed E-state index contributed by atoms with van der Waals surface area (Å²) in [6.45, 7) is 4.71. The van der Waals surface area contributed by atoms with Crippen LogP contribution in [0.25, 0.3) is 0 Å². The van der Waals surface area contributed by atoms with Gasteiger partial charge in [-0.3, -0.25) is 4.79 Å². The molecular weight excluding hydrogens is 392 g/mol. The summed E-state index contributed by atoms with van der Waals surface area (Å²) < 4.78 is 39.0. The number of methoxy groups -OCH3 is 1. The molecule has 158 valence electrons. The van der Waals surface area contributed by atoms with Gasteiger partial charge in [0.2, 0.25) is 0 Å². The lowest BCUT2D eigenvalue weighted by molar-refractivity contribution is -0.140. The average molecular weight is 421 g/mol. The zero-order valence-corrected chi connectivity index (χ0v) is 17.9. The molecule has 2 rings (SSSR count). The second-order valence-electron chi connectivity index (χ2n) is 6.57. The Kier molecular flexibility index (Phi) is 8.63. The van der Waals surface area contributed by atoms with Crippen LogP contribution in [0.15, 0.2) is 48.5 Å². The van der Waals surface area contributed by atoms with Crippen LogP contribution in [0.1, 0.15) is 30.0 Å². The number of carbonyl (C=O) groups excluding carboxylic acids is 1. The second kappa shape index (κ2) is 10.9. The van der Waals surface area contributed by atoms with Gasteiger partial charge in [-0.25, -0.2) is 0 Å². The van der Waals surface area contributed by atoms with Gasteiger partial charge in [-0.1, -0.05) is 48.9 Å². The van der Waals surface area contributed by atoms with E-state index in [-0.39, 0.29) is 26.1 Å². The molecule has 0 heterocycles. The second-order valence-corrected chi connectivity index (χ2v) is 8.32. The third kappa shape index (κ3) is 7.49. The molecule has 0 fully saturated rings. The standard InChI is InChI=1S/C21H28N2O5S/c1-4-23(13-12-21(24)27-3)29(25,26)22-15-18-8-10-20(11-9-18)28-16-19-7-5-6-17(2)14-19/h5-11,14,22H,4,12-13,15-16H2,1-3H3. The Morgan fingerprint density at radius 2 is 1.83 bits per heavy atom. The van der Waals surface area contributed by atoms with Crippen molar-refractivity contribution in [1.29, 1.82) is 0 Å². The molecule has 0 radical (unpaired) electrons. The molecule has 8 heteroatoms. The lowest BCUT2D eigenvalue weighted by atomic mass is 10.1. The molecule has 2 aromatic rings. The van der Waals surface area contributed by atoms with Crippen molar-refractivity contribution in [2.45, 2.75) is 33.4 Å². The van der Waals surface area contributed by atoms with E-state index in [9.17, 15) is 13.2 Å². The first-order valence-electron chi connectivity index (χ1n) is 9.43. The zero-order valence-electron chi connectivity index (χ0n) is 17.1. The van der Waals surface area contributed by atoms with Gasteiger partial charge in [0.15, 0.2) is 0 Å². The molecule has 0 unspecified atom stereocenters. The molecule has 0 aliphatic heterocycles. The van der Waals surface area contributed by atoms with Crippen LogP contribution >= 0.6 is 0 Å². The molecule has 29 heavy (non-hydrogen) atoms. The van der Waals surface area contributed by atoms with Gasteiger partial charge in [0, 0.05) is 19.6 Å². The maximum Gasteiger partial charge on any atom is 0.306 e. The van der Waals surface area contributed by atoms with E-state index in [1.807, 2.05) is 49.4 Å². The van der Waals surface area contributed by atoms with Crippen molar-refractivity contribution in [3.63, 3.8) is 0 Å². The first-order valence-corrected chi connectivity index (χ1v) is 10.9. The van der Waals surface area contributed by atoms with Gasteiger partial charge in [0.25, 0.3) is 10.2 Å². The molecular formula is C21H28N2O5S. The van der Waals surface area contributed by atoms with E-state index in [1.54, 1.807) is 6.92 Å². The number of ether oxygens (including phenoxy) is 2. The van der Waals surface area contributed by atoms with E-state index in [2.05, 4.69) is 15.5 Å². The number of aryl methyl sites for hydroxylation is 1. The van der Waals surface area contributed by atoms with Crippen LogP contribution in [-0.4, -0.2) is 38.9 Å². The number of carbonyl (C=O) groups is 1. The minimum absolute atomic E-state index is 0.0121. The Hall–Kier alpha value is -2.42. The summed E-state index contributed by atoms with van der Waals surface area (Å²) >= 11 is 0. The van der Waals surface area contributed by atoms with Gasteiger partial charge in [0.1, 0.15) is 12.4 Å². The molecule has 0 aliphatic carbocycles. The summed E-state index contributed by atoms with van der Waals surface area (Å²) in [5, 5.41) is 0. The van der Waals surface area contributed by atoms with E-state index >= 15 is 0 Å². The van der Waals surface area contributed by atoms with E-state index in [0.29, 0.717) is 12.4 Å². The zero-order chi connectivity index (χ0) is 21.3. The first kappa shape index (κ1) is 22.9. The first-order chi connectivity index (χ1) is 13.8. The van der Waals surface area contributed by atoms with Gasteiger partial charge in [0.05, 0.1) is 13.5 Å². The molecule has 0 atom stereocenters. The van der Waals surface area contributed by atoms with Crippen LogP contribution < -0.4 is 9.46 Å². The maximum absolute atomic E-state index is 12.4. The van der Waals surface area contributed by atoms with E-state index < -0.39 is 16.2 Å². The minimum Gasteiger partial charge on any atom is -0.489 e. The summed E-state index contributed by atoms with van der Waals surface area (Å²) in [5.74, 6) is 0.270. The lowest BCUT2D eigenvalue weighted by Crippen LogP contribution is -2.41. The fraction of sp³-hybridized carbons (Fsp3) is 0.381. The Bertz CT molecular complexity index is 898. The summed E-state index contributed by atoms with van der Waals surface area (Å²) in [4.78, 5) is 11.3. The van der Waals surface area contributed by atoms with Crippen molar-refractivity contribution < 1.29 is 22.7 Å². The minimum atomic E-state index is -3.69. The summed E-state index contributed by atoms with van der Waals surface area (Å²) in [6, 6.07) is 15.4. The average Bonchev–Trinajstić information content (AvgIpc) is 2.71. The van der Waals surface area contributed by atoms with Crippen LogP contribution in [-0.2, 0) is 32.9 Å². The summed E-state index contributed by atoms with van der Waals surface area (Å²) in [6.07, 6.45) is 0.0121. The van der Waals surface area contributed by atoms with Crippen molar-refractivity contribution >= 4 is 16.2 Å². The number of benzene rings is 2. The van der Waals surface area contributed by atoms with Crippen LogP contribution in [0.5, 0.6) is 5.75 Å². The fourth-order valence-corrected chi connectivity index (χ4v) is 3.91.